The third-order valence-electron chi connectivity index (χ3n) is 13.2. The van der Waals surface area contributed by atoms with Crippen molar-refractivity contribution in [2.75, 3.05) is 66.5 Å². The molecule has 2 fully saturated rings. The van der Waals surface area contributed by atoms with E-state index in [4.69, 9.17) is 0 Å². The fourth-order valence-corrected chi connectivity index (χ4v) is 8.77. The predicted molar refractivity (Wildman–Crippen MR) is 260 cm³/mol. The molecule has 6 N–H and O–H groups in total. The molecule has 2 saturated heterocycles. The van der Waals surface area contributed by atoms with Gasteiger partial charge in [-0.05, 0) is 90.4 Å². The number of alkyl halides is 6. The fraction of sp³-hybridized carbons (Fsp3) is 0.600. The lowest BCUT2D eigenvalue weighted by atomic mass is 10.1. The number of likely N-dealkylation sites (tertiary alicyclic amines) is 2. The SMILES string of the molecule is CN[C@@H](C)C(=O)N[C@@H](CCC(=O)NCCNC(=O)CC[C@H](NC(=O)[C@@H](C)NC)C(=O)N1CCC[C@H]1CN(CCc1ccccc1)C(=O)C(F)(F)F)C(=O)N1CCC[C@H]1CN(CCc1ccccc1)C(=O)C(F)(F)F. The van der Waals surface area contributed by atoms with Crippen LogP contribution in [0.5, 0.6) is 0 Å². The Hall–Kier alpha value is -6.30. The van der Waals surface area contributed by atoms with Gasteiger partial charge >= 0.3 is 24.2 Å². The Balaban J connectivity index is 1.33. The van der Waals surface area contributed by atoms with Gasteiger partial charge in [-0.2, -0.15) is 26.3 Å². The van der Waals surface area contributed by atoms with E-state index in [0.29, 0.717) is 35.5 Å². The molecule has 0 radical (unpaired) electrons. The van der Waals surface area contributed by atoms with Crippen LogP contribution in [-0.2, 0) is 51.2 Å². The third kappa shape index (κ3) is 18.9. The molecule has 0 bridgehead atoms. The van der Waals surface area contributed by atoms with Gasteiger partial charge in [0, 0.05) is 77.3 Å². The van der Waals surface area contributed by atoms with E-state index >= 15 is 0 Å². The fourth-order valence-electron chi connectivity index (χ4n) is 8.77. The van der Waals surface area contributed by atoms with E-state index in [0.717, 1.165) is 11.1 Å². The molecule has 24 heteroatoms. The van der Waals surface area contributed by atoms with E-state index in [9.17, 15) is 64.7 Å². The van der Waals surface area contributed by atoms with E-state index in [2.05, 4.69) is 31.9 Å². The molecule has 410 valence electrons. The molecule has 18 nitrogen and oxygen atoms in total. The summed E-state index contributed by atoms with van der Waals surface area (Å²) in [7, 11) is 3.05. The standard InChI is InChI=1S/C50H70F6N10O8/c1-33(57-3)43(69)61-39(45(71)65-27-11-17-37(65)31-63(47(73)49(51,52)53)29-23-35-13-7-5-8-14-35)19-21-41(67)59-25-26-60-42(68)22-20-40(62-44(70)34(2)58-4)46(72)66-28-12-18-38(66)32-64(48(74)50(54,55)56)30-24-36-15-9-6-10-16-36/h5-10,13-16,33-34,37-40,57-58H,11-12,17-32H2,1-4H3,(H,59,67)(H,60,68)(H,61,69)(H,62,70)/t33-,34+,37-,38-,39-,40-/m0/s1. The second-order valence-corrected chi connectivity index (χ2v) is 18.5. The zero-order valence-corrected chi connectivity index (χ0v) is 42.3. The number of likely N-dealkylation sites (N-methyl/N-ethyl adjacent to an activating group) is 2. The molecular formula is C50H70F6N10O8. The van der Waals surface area contributed by atoms with E-state index < -0.39 is 109 Å². The normalized spacial score (nSPS) is 17.4. The maximum atomic E-state index is 14.1. The van der Waals surface area contributed by atoms with Crippen LogP contribution in [0.1, 0.15) is 76.3 Å². The van der Waals surface area contributed by atoms with Crippen LogP contribution in [-0.4, -0.2) is 182 Å². The Kier molecular flexibility index (Phi) is 23.6. The number of halogens is 6. The summed E-state index contributed by atoms with van der Waals surface area (Å²) in [5, 5.41) is 16.1. The average molecular weight is 1050 g/mol. The molecule has 0 saturated carbocycles. The minimum atomic E-state index is -5.15. The van der Waals surface area contributed by atoms with Crippen LogP contribution in [0.25, 0.3) is 0 Å². The van der Waals surface area contributed by atoms with Crippen molar-refractivity contribution in [1.29, 1.82) is 0 Å². The molecular weight excluding hydrogens is 983 g/mol. The minimum absolute atomic E-state index is 0.0851. The minimum Gasteiger partial charge on any atom is -0.354 e. The van der Waals surface area contributed by atoms with Gasteiger partial charge in [-0.1, -0.05) is 60.7 Å². The maximum Gasteiger partial charge on any atom is 0.471 e. The Morgan fingerprint density at radius 2 is 0.932 bits per heavy atom. The summed E-state index contributed by atoms with van der Waals surface area (Å²) in [5.74, 6) is -7.58. The summed E-state index contributed by atoms with van der Waals surface area (Å²) in [6, 6.07) is 11.7. The molecule has 0 spiro atoms. The second kappa shape index (κ2) is 29.0. The van der Waals surface area contributed by atoms with Crippen molar-refractivity contribution in [2.45, 2.75) is 127 Å². The van der Waals surface area contributed by atoms with Gasteiger partial charge in [-0.15, -0.1) is 0 Å². The molecule has 2 aliphatic rings. The quantitative estimate of drug-likeness (QED) is 0.0566. The van der Waals surface area contributed by atoms with Gasteiger partial charge in [-0.25, -0.2) is 0 Å². The van der Waals surface area contributed by atoms with Crippen molar-refractivity contribution < 1.29 is 64.7 Å². The molecule has 2 heterocycles. The highest BCUT2D eigenvalue weighted by atomic mass is 19.4. The molecule has 0 unspecified atom stereocenters. The summed E-state index contributed by atoms with van der Waals surface area (Å²) in [5.41, 5.74) is 1.44. The highest BCUT2D eigenvalue weighted by molar-refractivity contribution is 5.92. The molecule has 2 aliphatic heterocycles. The van der Waals surface area contributed by atoms with Gasteiger partial charge in [0.25, 0.3) is 0 Å². The van der Waals surface area contributed by atoms with Crippen molar-refractivity contribution in [3.8, 4) is 0 Å². The van der Waals surface area contributed by atoms with Crippen LogP contribution in [0.15, 0.2) is 60.7 Å². The number of rotatable bonds is 27. The van der Waals surface area contributed by atoms with E-state index in [1.165, 1.54) is 23.9 Å². The highest BCUT2D eigenvalue weighted by Crippen LogP contribution is 2.26. The zero-order chi connectivity index (χ0) is 54.6. The lowest BCUT2D eigenvalue weighted by Crippen LogP contribution is -2.56. The first-order chi connectivity index (χ1) is 35.0. The molecule has 2 aromatic carbocycles. The van der Waals surface area contributed by atoms with Gasteiger partial charge in [0.05, 0.1) is 12.1 Å². The molecule has 0 aliphatic carbocycles. The summed E-state index contributed by atoms with van der Waals surface area (Å²) in [4.78, 5) is 110. The van der Waals surface area contributed by atoms with Crippen molar-refractivity contribution in [1.82, 2.24) is 51.5 Å². The highest BCUT2D eigenvalue weighted by Gasteiger charge is 2.46. The van der Waals surface area contributed by atoms with Crippen molar-refractivity contribution >= 4 is 47.3 Å². The van der Waals surface area contributed by atoms with Gasteiger partial charge in [-0.3, -0.25) is 38.4 Å². The smallest absolute Gasteiger partial charge is 0.354 e. The van der Waals surface area contributed by atoms with Crippen LogP contribution in [0, 0.1) is 0 Å². The van der Waals surface area contributed by atoms with Gasteiger partial charge in [0.2, 0.25) is 35.4 Å². The average Bonchev–Trinajstić information content (AvgIpc) is 4.06. The molecule has 8 amide bonds. The molecule has 0 aromatic heterocycles. The first-order valence-corrected chi connectivity index (χ1v) is 24.9. The predicted octanol–water partition coefficient (Wildman–Crippen LogP) is 2.21. The second-order valence-electron chi connectivity index (χ2n) is 18.5. The maximum absolute atomic E-state index is 14.1. The Morgan fingerprint density at radius 3 is 1.26 bits per heavy atom. The zero-order valence-electron chi connectivity index (χ0n) is 42.3. The van der Waals surface area contributed by atoms with E-state index in [-0.39, 0.29) is 77.8 Å². The van der Waals surface area contributed by atoms with Gasteiger partial charge in [0.1, 0.15) is 12.1 Å². The largest absolute Gasteiger partial charge is 0.471 e. The monoisotopic (exact) mass is 1050 g/mol. The Bertz CT molecular complexity index is 2040. The number of amides is 8. The van der Waals surface area contributed by atoms with Crippen molar-refractivity contribution in [3.05, 3.63) is 71.8 Å². The third-order valence-corrected chi connectivity index (χ3v) is 13.2. The number of benzene rings is 2. The number of carbonyl (C=O) groups excluding carboxylic acids is 8. The lowest BCUT2D eigenvalue weighted by molar-refractivity contribution is -0.186. The molecule has 6 atom stereocenters. The first-order valence-electron chi connectivity index (χ1n) is 24.9. The molecule has 4 rings (SSSR count). The number of nitrogens with zero attached hydrogens (tertiary/aromatic N) is 4. The number of nitrogens with one attached hydrogen (secondary N) is 6. The molecule has 74 heavy (non-hydrogen) atoms. The van der Waals surface area contributed by atoms with Crippen LogP contribution < -0.4 is 31.9 Å². The Labute approximate surface area is 427 Å². The topological polar surface area (TPSA) is 222 Å². The number of hydrogen-bond acceptors (Lipinski definition) is 10. The van der Waals surface area contributed by atoms with Crippen molar-refractivity contribution in [3.63, 3.8) is 0 Å². The van der Waals surface area contributed by atoms with Crippen LogP contribution in [0.2, 0.25) is 0 Å². The molecule has 2 aromatic rings. The number of carbonyl (C=O) groups is 8. The van der Waals surface area contributed by atoms with Gasteiger partial charge in [0.15, 0.2) is 0 Å². The Morgan fingerprint density at radius 1 is 0.581 bits per heavy atom. The van der Waals surface area contributed by atoms with Crippen LogP contribution in [0.3, 0.4) is 0 Å². The van der Waals surface area contributed by atoms with Crippen LogP contribution in [0.4, 0.5) is 26.3 Å². The number of hydrogen-bond donors (Lipinski definition) is 6. The van der Waals surface area contributed by atoms with E-state index in [1.54, 1.807) is 74.5 Å². The van der Waals surface area contributed by atoms with E-state index in [1.807, 2.05) is 0 Å². The first kappa shape index (κ1) is 60.3. The van der Waals surface area contributed by atoms with Gasteiger partial charge < -0.3 is 51.5 Å². The van der Waals surface area contributed by atoms with Crippen LogP contribution >= 0.6 is 0 Å². The summed E-state index contributed by atoms with van der Waals surface area (Å²) in [6.07, 6.45) is -9.54. The summed E-state index contributed by atoms with van der Waals surface area (Å²) in [6.45, 7) is 1.90. The van der Waals surface area contributed by atoms with Crippen molar-refractivity contribution in [2.24, 2.45) is 0 Å². The summed E-state index contributed by atoms with van der Waals surface area (Å²) < 4.78 is 82.6. The summed E-state index contributed by atoms with van der Waals surface area (Å²) >= 11 is 0. The lowest BCUT2D eigenvalue weighted by Gasteiger charge is -2.33.